The lowest BCUT2D eigenvalue weighted by molar-refractivity contribution is -0.122. The summed E-state index contributed by atoms with van der Waals surface area (Å²) in [5, 5.41) is 7.01. The predicted octanol–water partition coefficient (Wildman–Crippen LogP) is 1.10. The van der Waals surface area contributed by atoms with Gasteiger partial charge in [0, 0.05) is 38.8 Å². The topological polar surface area (TPSA) is 80.1 Å². The number of hydrogen-bond acceptors (Lipinski definition) is 5. The molecule has 25 heavy (non-hydrogen) atoms. The van der Waals surface area contributed by atoms with Crippen LogP contribution in [0, 0.1) is 5.92 Å². The number of aromatic nitrogens is 3. The minimum atomic E-state index is -0.118. The van der Waals surface area contributed by atoms with Gasteiger partial charge >= 0.3 is 0 Å². The van der Waals surface area contributed by atoms with E-state index >= 15 is 0 Å². The number of anilines is 1. The number of carbonyl (C=O) groups excluding carboxylic acids is 1. The van der Waals surface area contributed by atoms with Gasteiger partial charge in [0.2, 0.25) is 5.91 Å². The van der Waals surface area contributed by atoms with Crippen LogP contribution in [0.1, 0.15) is 25.0 Å². The lowest BCUT2D eigenvalue weighted by atomic mass is 9.94. The van der Waals surface area contributed by atoms with Crippen molar-refractivity contribution in [3.63, 3.8) is 0 Å². The highest BCUT2D eigenvalue weighted by molar-refractivity contribution is 5.76. The molecule has 2 aromatic rings. The zero-order chi connectivity index (χ0) is 17.6. The van der Waals surface area contributed by atoms with Crippen molar-refractivity contribution in [1.82, 2.24) is 20.1 Å². The fraction of sp³-hybridized carbons (Fsp3) is 0.444. The molecule has 3 heterocycles. The molecule has 1 aliphatic heterocycles. The first-order valence-corrected chi connectivity index (χ1v) is 8.57. The van der Waals surface area contributed by atoms with Crippen LogP contribution in [-0.4, -0.2) is 33.8 Å². The van der Waals surface area contributed by atoms with Crippen molar-refractivity contribution >= 4 is 11.6 Å². The van der Waals surface area contributed by atoms with E-state index in [4.69, 9.17) is 0 Å². The second-order valence-electron chi connectivity index (χ2n) is 6.43. The summed E-state index contributed by atoms with van der Waals surface area (Å²) in [5.74, 6) is 0.321. The average Bonchev–Trinajstić information content (AvgIpc) is 2.63. The Kier molecular flexibility index (Phi) is 5.42. The molecule has 2 aromatic heterocycles. The molecule has 0 bridgehead atoms. The largest absolute Gasteiger partial charge is 0.370 e. The van der Waals surface area contributed by atoms with Crippen LogP contribution in [0.5, 0.6) is 0 Å². The third-order valence-corrected chi connectivity index (χ3v) is 4.50. The highest BCUT2D eigenvalue weighted by atomic mass is 16.1. The van der Waals surface area contributed by atoms with Crippen LogP contribution in [0.15, 0.2) is 41.5 Å². The number of amides is 1. The Bertz CT molecular complexity index is 775. The summed E-state index contributed by atoms with van der Waals surface area (Å²) in [7, 11) is 1.64. The van der Waals surface area contributed by atoms with Crippen molar-refractivity contribution in [2.45, 2.75) is 25.8 Å². The van der Waals surface area contributed by atoms with Gasteiger partial charge in [0.15, 0.2) is 0 Å². The highest BCUT2D eigenvalue weighted by Crippen LogP contribution is 2.23. The number of nitrogens with one attached hydrogen (secondary N) is 1. The fourth-order valence-corrected chi connectivity index (χ4v) is 3.13. The summed E-state index contributed by atoms with van der Waals surface area (Å²) >= 11 is 0. The predicted molar refractivity (Wildman–Crippen MR) is 95.1 cm³/mol. The van der Waals surface area contributed by atoms with E-state index in [0.717, 1.165) is 37.3 Å². The van der Waals surface area contributed by atoms with Gasteiger partial charge in [-0.1, -0.05) is 6.07 Å². The molecule has 7 nitrogen and oxygen atoms in total. The lowest BCUT2D eigenvalue weighted by Crippen LogP contribution is -2.38. The van der Waals surface area contributed by atoms with Crippen LogP contribution < -0.4 is 15.8 Å². The molecule has 0 saturated carbocycles. The van der Waals surface area contributed by atoms with Crippen LogP contribution in [0.25, 0.3) is 0 Å². The molecule has 1 N–H and O–H groups in total. The van der Waals surface area contributed by atoms with Gasteiger partial charge in [-0.3, -0.25) is 14.6 Å². The first-order valence-electron chi connectivity index (χ1n) is 8.57. The number of hydrogen-bond donors (Lipinski definition) is 1. The number of nitrogens with zero attached hydrogens (tertiary/aromatic N) is 4. The van der Waals surface area contributed by atoms with Crippen LogP contribution in [-0.2, 0) is 18.4 Å². The van der Waals surface area contributed by atoms with E-state index in [-0.39, 0.29) is 17.4 Å². The first-order chi connectivity index (χ1) is 12.1. The van der Waals surface area contributed by atoms with Crippen LogP contribution >= 0.6 is 0 Å². The minimum absolute atomic E-state index is 0.0413. The van der Waals surface area contributed by atoms with Crippen LogP contribution in [0.4, 0.5) is 5.69 Å². The molecule has 1 unspecified atom stereocenters. The van der Waals surface area contributed by atoms with E-state index in [0.29, 0.717) is 13.0 Å². The third-order valence-electron chi connectivity index (χ3n) is 4.50. The maximum atomic E-state index is 12.2. The zero-order valence-electron chi connectivity index (χ0n) is 14.4. The number of pyridine rings is 1. The Labute approximate surface area is 146 Å². The van der Waals surface area contributed by atoms with E-state index in [1.807, 2.05) is 18.2 Å². The Balaban J connectivity index is 1.53. The molecule has 1 fully saturated rings. The van der Waals surface area contributed by atoms with Crippen molar-refractivity contribution in [3.05, 3.63) is 52.7 Å². The summed E-state index contributed by atoms with van der Waals surface area (Å²) in [6.07, 6.45) is 5.95. The molecule has 1 saturated heterocycles. The van der Waals surface area contributed by atoms with Gasteiger partial charge < -0.3 is 10.2 Å². The molecular weight excluding hydrogens is 318 g/mol. The quantitative estimate of drug-likeness (QED) is 0.881. The van der Waals surface area contributed by atoms with Gasteiger partial charge in [0.25, 0.3) is 5.56 Å². The van der Waals surface area contributed by atoms with Crippen molar-refractivity contribution < 1.29 is 4.79 Å². The molecule has 3 rings (SSSR count). The monoisotopic (exact) mass is 341 g/mol. The van der Waals surface area contributed by atoms with Crippen LogP contribution in [0.2, 0.25) is 0 Å². The van der Waals surface area contributed by atoms with E-state index in [2.05, 4.69) is 20.3 Å². The van der Waals surface area contributed by atoms with Crippen LogP contribution in [0.3, 0.4) is 0 Å². The molecule has 0 spiro atoms. The number of carbonyl (C=O) groups is 1. The van der Waals surface area contributed by atoms with E-state index < -0.39 is 0 Å². The molecule has 1 aliphatic rings. The SMILES string of the molecule is Cn1ncc(N2CCCC(CC(=O)NCc3ccccn3)C2)cc1=O. The summed E-state index contributed by atoms with van der Waals surface area (Å²) in [4.78, 5) is 30.3. The van der Waals surface area contributed by atoms with Gasteiger partial charge in [-0.15, -0.1) is 0 Å². The maximum Gasteiger partial charge on any atom is 0.268 e. The van der Waals surface area contributed by atoms with E-state index in [1.165, 1.54) is 4.68 Å². The van der Waals surface area contributed by atoms with E-state index in [1.54, 1.807) is 25.5 Å². The summed E-state index contributed by atoms with van der Waals surface area (Å²) in [5.41, 5.74) is 1.57. The molecule has 1 atom stereocenters. The third kappa shape index (κ3) is 4.65. The summed E-state index contributed by atoms with van der Waals surface area (Å²) in [6.45, 7) is 2.11. The van der Waals surface area contributed by atoms with Gasteiger partial charge in [0.05, 0.1) is 24.1 Å². The molecule has 1 amide bonds. The average molecular weight is 341 g/mol. The Morgan fingerprint density at radius 2 is 2.28 bits per heavy atom. The zero-order valence-corrected chi connectivity index (χ0v) is 14.4. The standard InChI is InChI=1S/C18H23N5O2/c1-22-18(25)10-16(12-21-22)23-8-4-5-14(13-23)9-17(24)20-11-15-6-2-3-7-19-15/h2-3,6-7,10,12,14H,4-5,8-9,11,13H2,1H3,(H,20,24). The van der Waals surface area contributed by atoms with Crippen molar-refractivity contribution in [1.29, 1.82) is 0 Å². The van der Waals surface area contributed by atoms with Crippen molar-refractivity contribution in [2.75, 3.05) is 18.0 Å². The van der Waals surface area contributed by atoms with Gasteiger partial charge in [-0.05, 0) is 30.9 Å². The first kappa shape index (κ1) is 17.1. The maximum absolute atomic E-state index is 12.2. The van der Waals surface area contributed by atoms with Gasteiger partial charge in [0.1, 0.15) is 0 Å². The minimum Gasteiger partial charge on any atom is -0.370 e. The molecule has 132 valence electrons. The normalized spacial score (nSPS) is 17.3. The molecular formula is C18H23N5O2. The number of piperidine rings is 1. The number of rotatable bonds is 5. The van der Waals surface area contributed by atoms with Crippen molar-refractivity contribution in [2.24, 2.45) is 13.0 Å². The molecule has 7 heteroatoms. The number of aryl methyl sites for hydroxylation is 1. The molecule has 0 aliphatic carbocycles. The summed E-state index contributed by atoms with van der Waals surface area (Å²) in [6, 6.07) is 7.27. The Morgan fingerprint density at radius 3 is 3.04 bits per heavy atom. The molecule has 0 aromatic carbocycles. The Morgan fingerprint density at radius 1 is 1.40 bits per heavy atom. The smallest absolute Gasteiger partial charge is 0.268 e. The Hall–Kier alpha value is -2.70. The highest BCUT2D eigenvalue weighted by Gasteiger charge is 2.23. The van der Waals surface area contributed by atoms with E-state index in [9.17, 15) is 9.59 Å². The van der Waals surface area contributed by atoms with Gasteiger partial charge in [-0.25, -0.2) is 4.68 Å². The van der Waals surface area contributed by atoms with Gasteiger partial charge in [-0.2, -0.15) is 5.10 Å². The summed E-state index contributed by atoms with van der Waals surface area (Å²) < 4.78 is 1.32. The fourth-order valence-electron chi connectivity index (χ4n) is 3.13. The second kappa shape index (κ2) is 7.92. The molecule has 0 radical (unpaired) electrons. The lowest BCUT2D eigenvalue weighted by Gasteiger charge is -2.33. The van der Waals surface area contributed by atoms with Crippen molar-refractivity contribution in [3.8, 4) is 0 Å². The second-order valence-corrected chi connectivity index (χ2v) is 6.43.